The number of amides is 2. The maximum Gasteiger partial charge on any atom is 0.409 e. The predicted molar refractivity (Wildman–Crippen MR) is 139 cm³/mol. The molecule has 4 aliphatic rings. The summed E-state index contributed by atoms with van der Waals surface area (Å²) in [7, 11) is 3.17. The van der Waals surface area contributed by atoms with E-state index in [4.69, 9.17) is 25.8 Å². The monoisotopic (exact) mass is 552 g/mol. The number of aliphatic hydroxyl groups is 3. The van der Waals surface area contributed by atoms with E-state index in [-0.39, 0.29) is 18.7 Å². The molecule has 2 unspecified atom stereocenters. The standard InChI is InChI=1S/C27H37ClN2O8/c1-14-7-6-8-20(31)27(35)13-19(37-25(34)29-27)15(2)24-26(3,38-24)21(32)12-22(33)30(4)17-10-16(9-14)11-18(36-5)23(17)28/h6-8,10-11,15,17,19-21,23-24,31-32,35H,9,12-13H2,1-5H3,(H,29,34)/b8-6+,14-7+/t15-,17?,19+,20-,21+,23?,24+,26+,27+/m1/s1. The molecule has 0 aromatic rings. The Bertz CT molecular complexity index is 1090. The zero-order chi connectivity index (χ0) is 28.0. The molecule has 1 aliphatic carbocycles. The number of ether oxygens (including phenoxy) is 3. The first-order chi connectivity index (χ1) is 17.8. The fraction of sp³-hybridized carbons (Fsp3) is 0.630. The number of aliphatic hydroxyl groups excluding tert-OH is 2. The summed E-state index contributed by atoms with van der Waals surface area (Å²) in [4.78, 5) is 27.1. The van der Waals surface area contributed by atoms with Crippen LogP contribution in [0.2, 0.25) is 0 Å². The maximum atomic E-state index is 13.3. The molecule has 0 aromatic carbocycles. The highest BCUT2D eigenvalue weighted by Crippen LogP contribution is 2.47. The Labute approximate surface area is 227 Å². The summed E-state index contributed by atoms with van der Waals surface area (Å²) in [6.07, 6.45) is 4.02. The molecule has 2 saturated heterocycles. The van der Waals surface area contributed by atoms with Crippen molar-refractivity contribution < 1.29 is 39.1 Å². The molecule has 4 N–H and O–H groups in total. The van der Waals surface area contributed by atoms with E-state index < -0.39 is 59.2 Å². The van der Waals surface area contributed by atoms with Crippen LogP contribution in [0.3, 0.4) is 0 Å². The smallest absolute Gasteiger partial charge is 0.409 e. The van der Waals surface area contributed by atoms with Gasteiger partial charge in [-0.2, -0.15) is 0 Å². The van der Waals surface area contributed by atoms with Crippen molar-refractivity contribution in [1.82, 2.24) is 10.2 Å². The van der Waals surface area contributed by atoms with E-state index in [0.29, 0.717) is 12.2 Å². The molecule has 3 aliphatic heterocycles. The zero-order valence-corrected chi connectivity index (χ0v) is 23.0. The maximum absolute atomic E-state index is 13.3. The molecule has 0 spiro atoms. The van der Waals surface area contributed by atoms with Crippen molar-refractivity contribution in [3.05, 3.63) is 47.3 Å². The molecule has 9 atom stereocenters. The Morgan fingerprint density at radius 3 is 2.68 bits per heavy atom. The third-order valence-electron chi connectivity index (χ3n) is 8.08. The number of carbonyl (C=O) groups excluding carboxylic acids is 2. The second kappa shape index (κ2) is 10.7. The SMILES string of the molecule is COC1=CC2=CC(C1Cl)N(C)C(=O)C[C@H](O)[C@]1(C)O[C@H]1[C@H](C)[C@@H]1C[C@@](O)(NC(=O)O1)[C@H](O)/C=C/C=C(\C)C2. The molecule has 0 saturated carbocycles. The minimum atomic E-state index is -1.96. The minimum Gasteiger partial charge on any atom is -0.499 e. The van der Waals surface area contributed by atoms with Crippen molar-refractivity contribution in [2.45, 2.75) is 87.2 Å². The minimum absolute atomic E-state index is 0.0991. The van der Waals surface area contributed by atoms with Gasteiger partial charge in [0.25, 0.3) is 0 Å². The highest BCUT2D eigenvalue weighted by Gasteiger charge is 2.62. The molecule has 2 fully saturated rings. The Kier molecular flexibility index (Phi) is 8.03. The topological polar surface area (TPSA) is 141 Å². The van der Waals surface area contributed by atoms with Crippen molar-refractivity contribution in [1.29, 1.82) is 0 Å². The van der Waals surface area contributed by atoms with Crippen LogP contribution in [0.4, 0.5) is 4.79 Å². The van der Waals surface area contributed by atoms with Gasteiger partial charge in [0.2, 0.25) is 5.91 Å². The summed E-state index contributed by atoms with van der Waals surface area (Å²) in [5.74, 6) is -0.232. The molecule has 0 aromatic heterocycles. The summed E-state index contributed by atoms with van der Waals surface area (Å²) < 4.78 is 16.8. The molecular formula is C27H37ClN2O8. The predicted octanol–water partition coefficient (Wildman–Crippen LogP) is 1.89. The van der Waals surface area contributed by atoms with Gasteiger partial charge in [0.1, 0.15) is 28.9 Å². The Morgan fingerprint density at radius 1 is 1.29 bits per heavy atom. The summed E-state index contributed by atoms with van der Waals surface area (Å²) in [5, 5.41) is 34.6. The molecule has 3 heterocycles. The van der Waals surface area contributed by atoms with Gasteiger partial charge in [0, 0.05) is 19.4 Å². The first kappa shape index (κ1) is 28.6. The average molecular weight is 553 g/mol. The van der Waals surface area contributed by atoms with Crippen molar-refractivity contribution >= 4 is 23.6 Å². The van der Waals surface area contributed by atoms with Crippen LogP contribution in [-0.4, -0.2) is 93.5 Å². The van der Waals surface area contributed by atoms with Gasteiger partial charge in [0.05, 0.1) is 31.8 Å². The molecule has 10 nitrogen and oxygen atoms in total. The average Bonchev–Trinajstić information content (AvgIpc) is 3.55. The fourth-order valence-electron chi connectivity index (χ4n) is 5.48. The van der Waals surface area contributed by atoms with E-state index in [9.17, 15) is 24.9 Å². The van der Waals surface area contributed by atoms with Crippen molar-refractivity contribution in [3.8, 4) is 0 Å². The highest BCUT2D eigenvalue weighted by atomic mass is 35.5. The Balaban J connectivity index is 1.68. The van der Waals surface area contributed by atoms with Crippen LogP contribution in [0.15, 0.2) is 47.3 Å². The van der Waals surface area contributed by atoms with Gasteiger partial charge >= 0.3 is 6.09 Å². The normalized spacial score (nSPS) is 44.4. The number of carbonyl (C=O) groups is 2. The molecule has 0 radical (unpaired) electrons. The lowest BCUT2D eigenvalue weighted by atomic mass is 9.84. The van der Waals surface area contributed by atoms with E-state index in [1.165, 1.54) is 18.1 Å². The van der Waals surface area contributed by atoms with E-state index in [2.05, 4.69) is 5.32 Å². The Hall–Kier alpha value is -2.37. The molecule has 11 heteroatoms. The largest absolute Gasteiger partial charge is 0.499 e. The zero-order valence-electron chi connectivity index (χ0n) is 22.3. The van der Waals surface area contributed by atoms with Crippen LogP contribution in [0.1, 0.15) is 40.0 Å². The van der Waals surface area contributed by atoms with E-state index in [1.807, 2.05) is 19.1 Å². The van der Waals surface area contributed by atoms with E-state index in [0.717, 1.165) is 11.1 Å². The third kappa shape index (κ3) is 5.51. The number of halogens is 1. The summed E-state index contributed by atoms with van der Waals surface area (Å²) in [5.41, 5.74) is -1.20. The first-order valence-corrected chi connectivity index (χ1v) is 13.2. The molecular weight excluding hydrogens is 516 g/mol. The number of hydrogen-bond donors (Lipinski definition) is 4. The highest BCUT2D eigenvalue weighted by molar-refractivity contribution is 6.23. The van der Waals surface area contributed by atoms with E-state index in [1.54, 1.807) is 33.0 Å². The third-order valence-corrected chi connectivity index (χ3v) is 8.55. The number of epoxide rings is 1. The van der Waals surface area contributed by atoms with Gasteiger partial charge < -0.3 is 34.4 Å². The number of likely N-dealkylation sites (N-methyl/N-ethyl adjacent to an activating group) is 1. The van der Waals surface area contributed by atoms with Gasteiger partial charge in [0.15, 0.2) is 5.72 Å². The molecule has 210 valence electrons. The number of nitrogens with zero attached hydrogens (tertiary/aromatic N) is 1. The molecule has 4 bridgehead atoms. The fourth-order valence-corrected chi connectivity index (χ4v) is 5.87. The van der Waals surface area contributed by atoms with Crippen molar-refractivity contribution in [2.24, 2.45) is 5.92 Å². The van der Waals surface area contributed by atoms with Gasteiger partial charge in [-0.3, -0.25) is 10.1 Å². The molecule has 4 rings (SSSR count). The molecule has 38 heavy (non-hydrogen) atoms. The van der Waals surface area contributed by atoms with Crippen LogP contribution in [0.5, 0.6) is 0 Å². The number of rotatable bonds is 1. The quantitative estimate of drug-likeness (QED) is 0.285. The van der Waals surface area contributed by atoms with Crippen LogP contribution >= 0.6 is 11.6 Å². The van der Waals surface area contributed by atoms with Crippen LogP contribution in [0, 0.1) is 5.92 Å². The van der Waals surface area contributed by atoms with E-state index >= 15 is 0 Å². The summed E-state index contributed by atoms with van der Waals surface area (Å²) >= 11 is 6.67. The molecule has 2 amide bonds. The van der Waals surface area contributed by atoms with Crippen LogP contribution < -0.4 is 5.32 Å². The van der Waals surface area contributed by atoms with Gasteiger partial charge in [-0.1, -0.05) is 36.8 Å². The summed E-state index contributed by atoms with van der Waals surface area (Å²) in [6.45, 7) is 5.38. The number of alkyl halides is 1. The number of hydrogen-bond acceptors (Lipinski definition) is 8. The van der Waals surface area contributed by atoms with Crippen molar-refractivity contribution in [2.75, 3.05) is 14.2 Å². The van der Waals surface area contributed by atoms with Crippen molar-refractivity contribution in [3.63, 3.8) is 0 Å². The van der Waals surface area contributed by atoms with Gasteiger partial charge in [-0.15, -0.1) is 11.6 Å². The Morgan fingerprint density at radius 2 is 2.00 bits per heavy atom. The summed E-state index contributed by atoms with van der Waals surface area (Å²) in [6, 6.07) is -0.500. The van der Waals surface area contributed by atoms with Gasteiger partial charge in [-0.05, 0) is 31.9 Å². The number of nitrogens with one attached hydrogen (secondary N) is 1. The lowest BCUT2D eigenvalue weighted by Crippen LogP contribution is -2.63. The van der Waals surface area contributed by atoms with Gasteiger partial charge in [-0.25, -0.2) is 4.79 Å². The lowest BCUT2D eigenvalue weighted by molar-refractivity contribution is -0.134. The van der Waals surface area contributed by atoms with Crippen LogP contribution in [-0.2, 0) is 19.0 Å². The number of methoxy groups -OCH3 is 1. The second-order valence-electron chi connectivity index (χ2n) is 10.9. The van der Waals surface area contributed by atoms with Crippen LogP contribution in [0.25, 0.3) is 0 Å². The second-order valence-corrected chi connectivity index (χ2v) is 11.4. The lowest BCUT2D eigenvalue weighted by Gasteiger charge is -2.41. The first-order valence-electron chi connectivity index (χ1n) is 12.7. The number of allylic oxidation sites excluding steroid dienone is 5. The number of alkyl carbamates (subject to hydrolysis) is 1. The number of fused-ring (bicyclic) bond motifs is 4.